The number of para-hydroxylation sites is 2. The molecule has 1 unspecified atom stereocenters. The molecule has 0 aliphatic carbocycles. The lowest BCUT2D eigenvalue weighted by Crippen LogP contribution is -2.20. The van der Waals surface area contributed by atoms with Gasteiger partial charge in [-0.05, 0) is 42.5 Å². The number of nitrogens with one attached hydrogen (secondary N) is 1. The molecule has 1 fully saturated rings. The fraction of sp³-hybridized carbons (Fsp3) is 0.423. The summed E-state index contributed by atoms with van der Waals surface area (Å²) in [4.78, 5) is 12.6. The molecule has 1 atom stereocenters. The van der Waals surface area contributed by atoms with Gasteiger partial charge in [0.2, 0.25) is 5.75 Å². The van der Waals surface area contributed by atoms with Gasteiger partial charge < -0.3 is 28.8 Å². The fourth-order valence-corrected chi connectivity index (χ4v) is 4.64. The summed E-state index contributed by atoms with van der Waals surface area (Å²) in [5.41, 5.74) is 0.890. The maximum atomic E-state index is 13.4. The predicted octanol–water partition coefficient (Wildman–Crippen LogP) is 3.53. The van der Waals surface area contributed by atoms with Crippen LogP contribution in [0.3, 0.4) is 0 Å². The first-order chi connectivity index (χ1) is 18.8. The first-order valence-corrected chi connectivity index (χ1v) is 14.0. The van der Waals surface area contributed by atoms with Crippen molar-refractivity contribution in [1.82, 2.24) is 15.0 Å². The molecular weight excluding hydrogens is 528 g/mol. The number of nitrogens with zero attached hydrogens (tertiary/aromatic N) is 3. The number of hydrogen-bond donors (Lipinski definition) is 2. The van der Waals surface area contributed by atoms with E-state index >= 15 is 0 Å². The highest BCUT2D eigenvalue weighted by Gasteiger charge is 2.27. The van der Waals surface area contributed by atoms with Crippen LogP contribution in [0.4, 0.5) is 5.82 Å². The zero-order chi connectivity index (χ0) is 27.8. The van der Waals surface area contributed by atoms with Crippen LogP contribution in [-0.4, -0.2) is 68.1 Å². The molecule has 39 heavy (non-hydrogen) atoms. The van der Waals surface area contributed by atoms with E-state index in [1.807, 2.05) is 13.8 Å². The van der Waals surface area contributed by atoms with Crippen molar-refractivity contribution in [2.24, 2.45) is 0 Å². The third-order valence-electron chi connectivity index (χ3n) is 5.78. The van der Waals surface area contributed by atoms with Crippen LogP contribution in [-0.2, 0) is 14.8 Å². The standard InChI is InChI=1S/C26H32N4O8S/c1-17(2)18-10-11-22(27-15-18)39(32,33)30-24-23(38-21-9-5-4-8-20(21)34-3)25(29-26(28-24)36-14-12-31)37-16-19-7-6-13-35-19/h4-5,8-11,15,17,19,31H,6-7,12-14,16H2,1-3H3,(H,28,29,30). The Morgan fingerprint density at radius 3 is 2.56 bits per heavy atom. The second-order valence-corrected chi connectivity index (χ2v) is 10.6. The Labute approximate surface area is 227 Å². The molecule has 3 heterocycles. The summed E-state index contributed by atoms with van der Waals surface area (Å²) in [6.45, 7) is 4.31. The van der Waals surface area contributed by atoms with Gasteiger partial charge in [-0.2, -0.15) is 18.4 Å². The van der Waals surface area contributed by atoms with Crippen LogP contribution >= 0.6 is 0 Å². The average molecular weight is 561 g/mol. The number of aromatic nitrogens is 3. The molecule has 1 aliphatic rings. The highest BCUT2D eigenvalue weighted by atomic mass is 32.2. The molecule has 12 nitrogen and oxygen atoms in total. The fourth-order valence-electron chi connectivity index (χ4n) is 3.70. The molecule has 1 aromatic carbocycles. The summed E-state index contributed by atoms with van der Waals surface area (Å²) in [7, 11) is -2.74. The average Bonchev–Trinajstić information content (AvgIpc) is 3.46. The van der Waals surface area contributed by atoms with E-state index in [9.17, 15) is 13.5 Å². The minimum Gasteiger partial charge on any atom is -0.493 e. The third kappa shape index (κ3) is 7.25. The molecule has 1 saturated heterocycles. The van der Waals surface area contributed by atoms with Gasteiger partial charge in [-0.25, -0.2) is 4.98 Å². The number of anilines is 1. The predicted molar refractivity (Wildman–Crippen MR) is 141 cm³/mol. The van der Waals surface area contributed by atoms with E-state index in [4.69, 9.17) is 23.7 Å². The van der Waals surface area contributed by atoms with Gasteiger partial charge in [-0.15, -0.1) is 0 Å². The van der Waals surface area contributed by atoms with Crippen molar-refractivity contribution in [2.45, 2.75) is 43.7 Å². The number of rotatable bonds is 13. The Balaban J connectivity index is 1.76. The van der Waals surface area contributed by atoms with Crippen LogP contribution in [0.5, 0.6) is 29.1 Å². The van der Waals surface area contributed by atoms with Crippen molar-refractivity contribution in [3.63, 3.8) is 0 Å². The van der Waals surface area contributed by atoms with Gasteiger partial charge in [0.15, 0.2) is 22.3 Å². The summed E-state index contributed by atoms with van der Waals surface area (Å²) in [5, 5.41) is 9.02. The smallest absolute Gasteiger partial charge is 0.322 e. The van der Waals surface area contributed by atoms with Crippen LogP contribution < -0.4 is 23.7 Å². The molecule has 210 valence electrons. The van der Waals surface area contributed by atoms with E-state index in [1.54, 1.807) is 30.3 Å². The highest BCUT2D eigenvalue weighted by molar-refractivity contribution is 7.92. The van der Waals surface area contributed by atoms with E-state index in [0.717, 1.165) is 18.4 Å². The Kier molecular flexibility index (Phi) is 9.38. The summed E-state index contributed by atoms with van der Waals surface area (Å²) < 4.78 is 57.6. The second kappa shape index (κ2) is 12.9. The van der Waals surface area contributed by atoms with Crippen molar-refractivity contribution in [3.05, 3.63) is 48.2 Å². The summed E-state index contributed by atoms with van der Waals surface area (Å²) in [5.74, 6) is 0.398. The van der Waals surface area contributed by atoms with Crippen molar-refractivity contribution in [3.8, 4) is 29.1 Å². The molecule has 4 rings (SSSR count). The first kappa shape index (κ1) is 28.3. The number of aliphatic hydroxyl groups is 1. The Hall–Kier alpha value is -3.68. The van der Waals surface area contributed by atoms with Gasteiger partial charge in [-0.1, -0.05) is 32.0 Å². The Morgan fingerprint density at radius 2 is 1.92 bits per heavy atom. The number of benzene rings is 1. The number of sulfonamides is 1. The zero-order valence-electron chi connectivity index (χ0n) is 22.0. The summed E-state index contributed by atoms with van der Waals surface area (Å²) >= 11 is 0. The van der Waals surface area contributed by atoms with Crippen LogP contribution in [0.15, 0.2) is 47.6 Å². The molecule has 2 N–H and O–H groups in total. The number of hydrogen-bond acceptors (Lipinski definition) is 11. The zero-order valence-corrected chi connectivity index (χ0v) is 22.8. The molecule has 2 aromatic heterocycles. The molecule has 0 bridgehead atoms. The summed E-state index contributed by atoms with van der Waals surface area (Å²) in [6, 6.07) is 9.71. The van der Waals surface area contributed by atoms with E-state index < -0.39 is 10.0 Å². The van der Waals surface area contributed by atoms with Crippen LogP contribution in [0.1, 0.15) is 38.2 Å². The molecular formula is C26H32N4O8S. The minimum absolute atomic E-state index is 0.0832. The molecule has 1 aliphatic heterocycles. The lowest BCUT2D eigenvalue weighted by molar-refractivity contribution is 0.0649. The molecule has 0 saturated carbocycles. The molecule has 3 aromatic rings. The number of ether oxygens (including phenoxy) is 5. The summed E-state index contributed by atoms with van der Waals surface area (Å²) in [6.07, 6.45) is 3.06. The molecule has 0 amide bonds. The van der Waals surface area contributed by atoms with Crippen LogP contribution in [0.25, 0.3) is 0 Å². The van der Waals surface area contributed by atoms with Gasteiger partial charge in [0.1, 0.15) is 13.2 Å². The lowest BCUT2D eigenvalue weighted by Gasteiger charge is -2.19. The van der Waals surface area contributed by atoms with Gasteiger partial charge in [0.25, 0.3) is 15.9 Å². The van der Waals surface area contributed by atoms with Crippen molar-refractivity contribution >= 4 is 15.8 Å². The van der Waals surface area contributed by atoms with E-state index in [-0.39, 0.29) is 66.1 Å². The Bertz CT molecular complexity index is 1350. The topological polar surface area (TPSA) is 151 Å². The van der Waals surface area contributed by atoms with Gasteiger partial charge in [0.05, 0.1) is 19.8 Å². The number of pyridine rings is 1. The van der Waals surface area contributed by atoms with Crippen molar-refractivity contribution < 1.29 is 37.2 Å². The monoisotopic (exact) mass is 560 g/mol. The van der Waals surface area contributed by atoms with Crippen LogP contribution in [0.2, 0.25) is 0 Å². The second-order valence-electron chi connectivity index (χ2n) is 8.95. The van der Waals surface area contributed by atoms with Gasteiger partial charge in [0, 0.05) is 12.8 Å². The first-order valence-electron chi connectivity index (χ1n) is 12.5. The maximum absolute atomic E-state index is 13.4. The molecule has 0 radical (unpaired) electrons. The largest absolute Gasteiger partial charge is 0.493 e. The van der Waals surface area contributed by atoms with E-state index in [1.165, 1.54) is 19.4 Å². The Morgan fingerprint density at radius 1 is 1.13 bits per heavy atom. The normalized spacial score (nSPS) is 15.3. The van der Waals surface area contributed by atoms with Crippen molar-refractivity contribution in [1.29, 1.82) is 0 Å². The maximum Gasteiger partial charge on any atom is 0.322 e. The van der Waals surface area contributed by atoms with Crippen molar-refractivity contribution in [2.75, 3.05) is 38.3 Å². The highest BCUT2D eigenvalue weighted by Crippen LogP contribution is 2.41. The number of aliphatic hydroxyl groups excluding tert-OH is 1. The van der Waals surface area contributed by atoms with Gasteiger partial charge in [-0.3, -0.25) is 4.72 Å². The third-order valence-corrected chi connectivity index (χ3v) is 7.03. The van der Waals surface area contributed by atoms with E-state index in [0.29, 0.717) is 12.4 Å². The molecule has 13 heteroatoms. The van der Waals surface area contributed by atoms with Gasteiger partial charge >= 0.3 is 6.01 Å². The minimum atomic E-state index is -4.22. The SMILES string of the molecule is COc1ccccc1Oc1c(NS(=O)(=O)c2ccc(C(C)C)cn2)nc(OCCO)nc1OCC1CCCO1. The lowest BCUT2D eigenvalue weighted by atomic mass is 10.1. The molecule has 0 spiro atoms. The van der Waals surface area contributed by atoms with Crippen LogP contribution in [0, 0.1) is 0 Å². The number of methoxy groups -OCH3 is 1. The quantitative estimate of drug-likeness (QED) is 0.316. The van der Waals surface area contributed by atoms with E-state index in [2.05, 4.69) is 19.7 Å².